The summed E-state index contributed by atoms with van der Waals surface area (Å²) < 4.78 is 0. The molecule has 1 aromatic rings. The Labute approximate surface area is 157 Å². The lowest BCUT2D eigenvalue weighted by Gasteiger charge is -2.38. The summed E-state index contributed by atoms with van der Waals surface area (Å²) >= 11 is 1.47. The number of urea groups is 1. The van der Waals surface area contributed by atoms with E-state index in [0.717, 1.165) is 25.9 Å². The predicted molar refractivity (Wildman–Crippen MR) is 100 cm³/mol. The van der Waals surface area contributed by atoms with Crippen LogP contribution in [0.1, 0.15) is 36.0 Å². The van der Waals surface area contributed by atoms with E-state index in [4.69, 9.17) is 0 Å². The molecule has 0 aromatic carbocycles. The Morgan fingerprint density at radius 2 is 1.58 bits per heavy atom. The first-order valence-electron chi connectivity index (χ1n) is 9.27. The van der Waals surface area contributed by atoms with Gasteiger partial charge in [0.05, 0.1) is 0 Å². The fourth-order valence-corrected chi connectivity index (χ4v) is 4.01. The van der Waals surface area contributed by atoms with E-state index in [1.165, 1.54) is 17.8 Å². The lowest BCUT2D eigenvalue weighted by atomic mass is 10.1. The van der Waals surface area contributed by atoms with E-state index in [2.05, 4.69) is 5.32 Å². The van der Waals surface area contributed by atoms with Crippen LogP contribution in [0, 0.1) is 0 Å². The van der Waals surface area contributed by atoms with Crippen molar-refractivity contribution >= 4 is 29.2 Å². The van der Waals surface area contributed by atoms with Gasteiger partial charge in [-0.2, -0.15) is 11.3 Å². The first kappa shape index (κ1) is 18.7. The summed E-state index contributed by atoms with van der Waals surface area (Å²) in [5, 5.41) is 6.41. The summed E-state index contributed by atoms with van der Waals surface area (Å²) in [5.74, 6) is -0.114. The lowest BCUT2D eigenvalue weighted by Crippen LogP contribution is -2.54. The second-order valence-corrected chi connectivity index (χ2v) is 7.50. The number of hydrogen-bond acceptors (Lipinski definition) is 4. The van der Waals surface area contributed by atoms with Gasteiger partial charge in [0.15, 0.2) is 0 Å². The van der Waals surface area contributed by atoms with Crippen LogP contribution in [0.3, 0.4) is 0 Å². The molecule has 0 unspecified atom stereocenters. The van der Waals surface area contributed by atoms with Gasteiger partial charge in [-0.1, -0.05) is 0 Å². The molecule has 0 spiro atoms. The van der Waals surface area contributed by atoms with Crippen LogP contribution in [0.2, 0.25) is 0 Å². The minimum absolute atomic E-state index is 0.0284. The molecule has 3 rings (SSSR count). The molecule has 8 heteroatoms. The van der Waals surface area contributed by atoms with Crippen molar-refractivity contribution in [1.29, 1.82) is 0 Å². The van der Waals surface area contributed by atoms with E-state index in [-0.39, 0.29) is 24.3 Å². The number of carbonyl (C=O) groups is 3. The standard InChI is InChI=1S/C18H26N4O3S/c23-16(4-6-19-17(24)15-5-13-26-14-15)20-9-11-22(12-10-20)18(25)21-7-2-1-3-8-21/h5,13-14H,1-4,6-12H2,(H,19,24). The molecule has 2 aliphatic rings. The first-order chi connectivity index (χ1) is 12.6. The molecule has 0 aliphatic carbocycles. The van der Waals surface area contributed by atoms with E-state index in [1.807, 2.05) is 15.2 Å². The Kier molecular flexibility index (Phi) is 6.49. The number of nitrogens with one attached hydrogen (secondary N) is 1. The molecule has 4 amide bonds. The van der Waals surface area contributed by atoms with Crippen molar-refractivity contribution in [2.45, 2.75) is 25.7 Å². The van der Waals surface area contributed by atoms with Crippen molar-refractivity contribution in [3.8, 4) is 0 Å². The van der Waals surface area contributed by atoms with Crippen molar-refractivity contribution in [2.24, 2.45) is 0 Å². The number of hydrogen-bond donors (Lipinski definition) is 1. The van der Waals surface area contributed by atoms with Crippen LogP contribution in [-0.2, 0) is 4.79 Å². The second-order valence-electron chi connectivity index (χ2n) is 6.72. The molecule has 1 N–H and O–H groups in total. The summed E-state index contributed by atoms with van der Waals surface area (Å²) in [6.45, 7) is 4.34. The molecule has 1 aromatic heterocycles. The van der Waals surface area contributed by atoms with E-state index < -0.39 is 0 Å². The van der Waals surface area contributed by atoms with E-state index in [9.17, 15) is 14.4 Å². The Bertz CT molecular complexity index is 620. The number of carbonyl (C=O) groups excluding carboxylic acids is 3. The van der Waals surface area contributed by atoms with Crippen LogP contribution < -0.4 is 5.32 Å². The Morgan fingerprint density at radius 1 is 0.923 bits per heavy atom. The highest BCUT2D eigenvalue weighted by Gasteiger charge is 2.27. The number of piperidine rings is 1. The van der Waals surface area contributed by atoms with Gasteiger partial charge in [0.25, 0.3) is 5.91 Å². The topological polar surface area (TPSA) is 73.0 Å². The Hall–Kier alpha value is -2.09. The fourth-order valence-electron chi connectivity index (χ4n) is 3.37. The van der Waals surface area contributed by atoms with Gasteiger partial charge in [0, 0.05) is 63.2 Å². The summed E-state index contributed by atoms with van der Waals surface area (Å²) in [7, 11) is 0. The van der Waals surface area contributed by atoms with E-state index >= 15 is 0 Å². The van der Waals surface area contributed by atoms with Crippen LogP contribution in [-0.4, -0.2) is 78.4 Å². The molecule has 0 atom stereocenters. The van der Waals surface area contributed by atoms with Crippen LogP contribution in [0.15, 0.2) is 16.8 Å². The highest BCUT2D eigenvalue weighted by molar-refractivity contribution is 7.08. The SMILES string of the molecule is O=C(NCCC(=O)N1CCN(C(=O)N2CCCCC2)CC1)c1ccsc1. The molecule has 2 aliphatic heterocycles. The molecular weight excluding hydrogens is 352 g/mol. The highest BCUT2D eigenvalue weighted by Crippen LogP contribution is 2.13. The van der Waals surface area contributed by atoms with Gasteiger partial charge in [0.1, 0.15) is 0 Å². The minimum Gasteiger partial charge on any atom is -0.351 e. The minimum atomic E-state index is -0.143. The van der Waals surface area contributed by atoms with Gasteiger partial charge in [-0.15, -0.1) is 0 Å². The predicted octanol–water partition coefficient (Wildman–Crippen LogP) is 1.62. The highest BCUT2D eigenvalue weighted by atomic mass is 32.1. The quantitative estimate of drug-likeness (QED) is 0.865. The number of nitrogens with zero attached hydrogens (tertiary/aromatic N) is 3. The molecule has 26 heavy (non-hydrogen) atoms. The fraction of sp³-hybridized carbons (Fsp3) is 0.611. The van der Waals surface area contributed by atoms with E-state index in [1.54, 1.807) is 16.3 Å². The van der Waals surface area contributed by atoms with Gasteiger partial charge >= 0.3 is 6.03 Å². The lowest BCUT2D eigenvalue weighted by molar-refractivity contribution is -0.132. The summed E-state index contributed by atoms with van der Waals surface area (Å²) in [4.78, 5) is 42.2. The summed E-state index contributed by atoms with van der Waals surface area (Å²) in [6.07, 6.45) is 3.66. The number of amides is 4. The summed E-state index contributed by atoms with van der Waals surface area (Å²) in [5.41, 5.74) is 0.632. The van der Waals surface area contributed by atoms with Crippen molar-refractivity contribution in [3.63, 3.8) is 0 Å². The van der Waals surface area contributed by atoms with Gasteiger partial charge in [-0.25, -0.2) is 4.79 Å². The monoisotopic (exact) mass is 378 g/mol. The smallest absolute Gasteiger partial charge is 0.320 e. The average molecular weight is 378 g/mol. The van der Waals surface area contributed by atoms with Crippen LogP contribution >= 0.6 is 11.3 Å². The number of piperazine rings is 1. The number of rotatable bonds is 4. The van der Waals surface area contributed by atoms with E-state index in [0.29, 0.717) is 38.3 Å². The van der Waals surface area contributed by atoms with Gasteiger partial charge < -0.3 is 20.0 Å². The van der Waals surface area contributed by atoms with Crippen molar-refractivity contribution in [2.75, 3.05) is 45.8 Å². The molecule has 142 valence electrons. The molecular formula is C18H26N4O3S. The van der Waals surface area contributed by atoms with Crippen LogP contribution in [0.25, 0.3) is 0 Å². The molecule has 3 heterocycles. The third-order valence-electron chi connectivity index (χ3n) is 4.94. The third-order valence-corrected chi connectivity index (χ3v) is 5.62. The third kappa shape index (κ3) is 4.75. The van der Waals surface area contributed by atoms with Crippen molar-refractivity contribution < 1.29 is 14.4 Å². The molecule has 0 bridgehead atoms. The van der Waals surface area contributed by atoms with Crippen molar-refractivity contribution in [3.05, 3.63) is 22.4 Å². The number of likely N-dealkylation sites (tertiary alicyclic amines) is 1. The zero-order chi connectivity index (χ0) is 18.4. The zero-order valence-electron chi connectivity index (χ0n) is 15.0. The normalized spacial score (nSPS) is 17.9. The zero-order valence-corrected chi connectivity index (χ0v) is 15.8. The average Bonchev–Trinajstić information content (AvgIpc) is 3.23. The summed E-state index contributed by atoms with van der Waals surface area (Å²) in [6, 6.07) is 1.88. The van der Waals surface area contributed by atoms with Crippen LogP contribution in [0.4, 0.5) is 4.79 Å². The maximum Gasteiger partial charge on any atom is 0.320 e. The maximum atomic E-state index is 12.5. The Morgan fingerprint density at radius 3 is 2.23 bits per heavy atom. The maximum absolute atomic E-state index is 12.5. The van der Waals surface area contributed by atoms with Crippen LogP contribution in [0.5, 0.6) is 0 Å². The Balaban J connectivity index is 1.36. The second kappa shape index (κ2) is 9.02. The number of thiophene rings is 1. The molecule has 2 fully saturated rings. The van der Waals surface area contributed by atoms with Gasteiger partial charge in [-0.3, -0.25) is 9.59 Å². The van der Waals surface area contributed by atoms with Gasteiger partial charge in [-0.05, 0) is 30.7 Å². The first-order valence-corrected chi connectivity index (χ1v) is 10.2. The van der Waals surface area contributed by atoms with Gasteiger partial charge in [0.2, 0.25) is 5.91 Å². The molecule has 2 saturated heterocycles. The largest absolute Gasteiger partial charge is 0.351 e. The molecule has 0 saturated carbocycles. The molecule has 0 radical (unpaired) electrons. The van der Waals surface area contributed by atoms with Crippen molar-refractivity contribution in [1.82, 2.24) is 20.0 Å². The molecule has 7 nitrogen and oxygen atoms in total.